The second-order valence-corrected chi connectivity index (χ2v) is 13.1. The Morgan fingerprint density at radius 2 is 1.85 bits per heavy atom. The van der Waals surface area contributed by atoms with Gasteiger partial charge in [-0.3, -0.25) is 14.4 Å². The second kappa shape index (κ2) is 16.4. The molecule has 1 aliphatic carbocycles. The first kappa shape index (κ1) is 36.3. The van der Waals surface area contributed by atoms with Crippen molar-refractivity contribution >= 4 is 35.8 Å². The van der Waals surface area contributed by atoms with Crippen LogP contribution in [-0.2, 0) is 46.2 Å². The van der Waals surface area contributed by atoms with Crippen LogP contribution in [-0.4, -0.2) is 73.1 Å². The molecule has 10 heteroatoms. The maximum absolute atomic E-state index is 14.0. The summed E-state index contributed by atoms with van der Waals surface area (Å²) in [5.74, 6) is -2.25. The largest absolute Gasteiger partial charge is 0.467 e. The van der Waals surface area contributed by atoms with Crippen molar-refractivity contribution in [3.05, 3.63) is 65.8 Å². The van der Waals surface area contributed by atoms with E-state index in [9.17, 15) is 24.0 Å². The normalized spacial score (nSPS) is 19.3. The van der Waals surface area contributed by atoms with Crippen molar-refractivity contribution in [3.8, 4) is 0 Å². The molecule has 1 aromatic rings. The third-order valence-electron chi connectivity index (χ3n) is 8.42. The molecule has 1 aliphatic heterocycles. The van der Waals surface area contributed by atoms with E-state index in [0.717, 1.165) is 35.1 Å². The zero-order valence-corrected chi connectivity index (χ0v) is 27.8. The third kappa shape index (κ3) is 9.89. The number of likely N-dealkylation sites (tertiary alicyclic amines) is 1. The molecule has 0 saturated carbocycles. The van der Waals surface area contributed by atoms with Crippen LogP contribution in [0.1, 0.15) is 76.5 Å². The molecule has 0 aromatic heterocycles. The number of benzene rings is 1. The molecular formula is C36H48N2O8. The number of alkyl carbamates (subject to hydrolysis) is 1. The molecule has 1 saturated heterocycles. The van der Waals surface area contributed by atoms with Gasteiger partial charge in [0.1, 0.15) is 18.2 Å². The monoisotopic (exact) mass is 636 g/mol. The highest BCUT2D eigenvalue weighted by Crippen LogP contribution is 2.32. The standard InChI is InChI=1S/C36H48N2O8/c1-8-10-16-36(5,6)22-45-35(43)37-30(15-14-27(39)17-23(3)4)32(40)38-21-28(20-31(38)34(42)44-7)46-33(41)26-18-25-13-11-12-24(9-2)29(25)19-26/h8-9,11-13,17,26,28,30-31H,1-2,10,14-16,18-22H2,3-7H3,(H,37,43)/t26?,28-,30+,31+/m1/s1. The van der Waals surface area contributed by atoms with E-state index in [-0.39, 0.29) is 43.6 Å². The lowest BCUT2D eigenvalue weighted by Crippen LogP contribution is -2.52. The summed E-state index contributed by atoms with van der Waals surface area (Å²) in [5.41, 5.74) is 3.62. The number of nitrogens with zero attached hydrogens (tertiary/aromatic N) is 1. The molecule has 0 bridgehead atoms. The van der Waals surface area contributed by atoms with Crippen molar-refractivity contribution < 1.29 is 38.2 Å². The van der Waals surface area contributed by atoms with E-state index in [4.69, 9.17) is 14.2 Å². The number of methoxy groups -OCH3 is 1. The summed E-state index contributed by atoms with van der Waals surface area (Å²) in [4.78, 5) is 66.7. The van der Waals surface area contributed by atoms with Crippen LogP contribution in [0, 0.1) is 11.3 Å². The summed E-state index contributed by atoms with van der Waals surface area (Å²) < 4.78 is 16.3. The Kier molecular flexibility index (Phi) is 12.9. The molecule has 2 aliphatic rings. The van der Waals surface area contributed by atoms with Crippen molar-refractivity contribution in [1.82, 2.24) is 10.2 Å². The summed E-state index contributed by atoms with van der Waals surface area (Å²) in [6.07, 6.45) is 6.05. The molecule has 1 heterocycles. The number of hydrogen-bond donors (Lipinski definition) is 1. The van der Waals surface area contributed by atoms with Gasteiger partial charge < -0.3 is 24.4 Å². The van der Waals surface area contributed by atoms with Crippen LogP contribution < -0.4 is 5.32 Å². The fraction of sp³-hybridized carbons (Fsp3) is 0.528. The first-order valence-corrected chi connectivity index (χ1v) is 15.8. The molecule has 4 atom stereocenters. The van der Waals surface area contributed by atoms with Gasteiger partial charge in [-0.05, 0) is 74.1 Å². The number of allylic oxidation sites excluding steroid dienone is 3. The Morgan fingerprint density at radius 3 is 2.50 bits per heavy atom. The predicted octanol–water partition coefficient (Wildman–Crippen LogP) is 5.13. The van der Waals surface area contributed by atoms with Crippen LogP contribution in [0.4, 0.5) is 4.79 Å². The molecule has 0 spiro atoms. The maximum atomic E-state index is 14.0. The molecular weight excluding hydrogens is 588 g/mol. The smallest absolute Gasteiger partial charge is 0.407 e. The Balaban J connectivity index is 1.74. The van der Waals surface area contributed by atoms with E-state index >= 15 is 0 Å². The van der Waals surface area contributed by atoms with Crippen LogP contribution >= 0.6 is 0 Å². The highest BCUT2D eigenvalue weighted by molar-refractivity contribution is 5.93. The Labute approximate surface area is 272 Å². The van der Waals surface area contributed by atoms with Crippen molar-refractivity contribution in [1.29, 1.82) is 0 Å². The Bertz CT molecular complexity index is 1360. The number of nitrogens with one attached hydrogen (secondary N) is 1. The molecule has 1 fully saturated rings. The van der Waals surface area contributed by atoms with Crippen LogP contribution in [0.25, 0.3) is 6.08 Å². The van der Waals surface area contributed by atoms with E-state index in [1.807, 2.05) is 32.0 Å². The number of ether oxygens (including phenoxy) is 3. The van der Waals surface area contributed by atoms with Crippen LogP contribution in [0.2, 0.25) is 0 Å². The van der Waals surface area contributed by atoms with E-state index in [0.29, 0.717) is 12.8 Å². The van der Waals surface area contributed by atoms with Gasteiger partial charge in [-0.15, -0.1) is 6.58 Å². The number of ketones is 1. The quantitative estimate of drug-likeness (QED) is 0.121. The van der Waals surface area contributed by atoms with Crippen LogP contribution in [0.15, 0.2) is 49.1 Å². The van der Waals surface area contributed by atoms with Crippen molar-refractivity contribution in [2.45, 2.75) is 90.8 Å². The lowest BCUT2D eigenvalue weighted by molar-refractivity contribution is -0.153. The number of esters is 2. The van der Waals surface area contributed by atoms with Crippen LogP contribution in [0.5, 0.6) is 0 Å². The average molecular weight is 637 g/mol. The maximum Gasteiger partial charge on any atom is 0.407 e. The summed E-state index contributed by atoms with van der Waals surface area (Å²) in [5, 5.41) is 2.62. The van der Waals surface area contributed by atoms with E-state index in [2.05, 4.69) is 18.5 Å². The first-order valence-electron chi connectivity index (χ1n) is 15.8. The molecule has 1 unspecified atom stereocenters. The number of hydrogen-bond acceptors (Lipinski definition) is 8. The number of carbonyl (C=O) groups is 5. The predicted molar refractivity (Wildman–Crippen MR) is 175 cm³/mol. The van der Waals surface area contributed by atoms with E-state index < -0.39 is 48.0 Å². The molecule has 250 valence electrons. The van der Waals surface area contributed by atoms with E-state index in [1.54, 1.807) is 26.0 Å². The molecule has 10 nitrogen and oxygen atoms in total. The Morgan fingerprint density at radius 1 is 1.11 bits per heavy atom. The lowest BCUT2D eigenvalue weighted by atomic mass is 9.89. The summed E-state index contributed by atoms with van der Waals surface area (Å²) in [7, 11) is 1.22. The Hall–Kier alpha value is -4.21. The second-order valence-electron chi connectivity index (χ2n) is 13.1. The first-order chi connectivity index (χ1) is 21.8. The van der Waals surface area contributed by atoms with Gasteiger partial charge in [-0.25, -0.2) is 9.59 Å². The minimum Gasteiger partial charge on any atom is -0.467 e. The van der Waals surface area contributed by atoms with Gasteiger partial charge in [-0.2, -0.15) is 0 Å². The average Bonchev–Trinajstić information content (AvgIpc) is 3.65. The minimum absolute atomic E-state index is 0.0166. The van der Waals surface area contributed by atoms with Gasteiger partial charge in [0, 0.05) is 12.8 Å². The molecule has 46 heavy (non-hydrogen) atoms. The number of fused-ring (bicyclic) bond motifs is 1. The van der Waals surface area contributed by atoms with Gasteiger partial charge in [-0.1, -0.05) is 56.4 Å². The third-order valence-corrected chi connectivity index (χ3v) is 8.42. The topological polar surface area (TPSA) is 128 Å². The van der Waals surface area contributed by atoms with Gasteiger partial charge in [0.15, 0.2) is 5.78 Å². The SMILES string of the molecule is C=CCCC(C)(C)COC(=O)N[C@@H](CCC(=O)C=C(C)C)C(=O)N1C[C@H](OC(=O)C2Cc3cccc(C=C)c3C2)C[C@H]1C(=O)OC. The zero-order valence-electron chi connectivity index (χ0n) is 27.8. The fourth-order valence-electron chi connectivity index (χ4n) is 5.93. The highest BCUT2D eigenvalue weighted by Gasteiger charge is 2.45. The molecule has 0 radical (unpaired) electrons. The van der Waals surface area contributed by atoms with Gasteiger partial charge in [0.25, 0.3) is 0 Å². The van der Waals surface area contributed by atoms with Crippen LogP contribution in [0.3, 0.4) is 0 Å². The summed E-state index contributed by atoms with van der Waals surface area (Å²) in [6, 6.07) is 3.68. The van der Waals surface area contributed by atoms with Gasteiger partial charge in [0.2, 0.25) is 5.91 Å². The summed E-state index contributed by atoms with van der Waals surface area (Å²) in [6.45, 7) is 15.1. The molecule has 3 rings (SSSR count). The molecule has 2 amide bonds. The number of amides is 2. The fourth-order valence-corrected chi connectivity index (χ4v) is 5.93. The minimum atomic E-state index is -1.17. The van der Waals surface area contributed by atoms with Gasteiger partial charge >= 0.3 is 18.0 Å². The van der Waals surface area contributed by atoms with E-state index in [1.165, 1.54) is 18.1 Å². The number of carbonyl (C=O) groups excluding carboxylic acids is 5. The molecule has 1 aromatic carbocycles. The molecule has 1 N–H and O–H groups in total. The van der Waals surface area contributed by atoms with Crippen molar-refractivity contribution in [3.63, 3.8) is 0 Å². The van der Waals surface area contributed by atoms with Gasteiger partial charge in [0.05, 0.1) is 26.2 Å². The highest BCUT2D eigenvalue weighted by atomic mass is 16.6. The zero-order chi connectivity index (χ0) is 34.0. The van der Waals surface area contributed by atoms with Crippen molar-refractivity contribution in [2.75, 3.05) is 20.3 Å². The summed E-state index contributed by atoms with van der Waals surface area (Å²) >= 11 is 0. The lowest BCUT2D eigenvalue weighted by Gasteiger charge is -2.28. The van der Waals surface area contributed by atoms with Crippen molar-refractivity contribution in [2.24, 2.45) is 11.3 Å². The number of rotatable bonds is 15.